The van der Waals surface area contributed by atoms with E-state index in [1.54, 1.807) is 7.05 Å². The summed E-state index contributed by atoms with van der Waals surface area (Å²) in [5, 5.41) is 11.9. The highest BCUT2D eigenvalue weighted by Gasteiger charge is 2.29. The lowest BCUT2D eigenvalue weighted by Crippen LogP contribution is -2.18. The van der Waals surface area contributed by atoms with Gasteiger partial charge in [0.05, 0.1) is 6.42 Å². The average Bonchev–Trinajstić information content (AvgIpc) is 2.59. The van der Waals surface area contributed by atoms with Crippen molar-refractivity contribution in [3.8, 4) is 0 Å². The summed E-state index contributed by atoms with van der Waals surface area (Å²) in [7, 11) is 1.69. The van der Waals surface area contributed by atoms with E-state index in [0.717, 1.165) is 11.3 Å². The molecule has 1 amide bonds. The molecule has 9 heteroatoms. The molecule has 96 valence electrons. The van der Waals surface area contributed by atoms with Gasteiger partial charge in [-0.1, -0.05) is 11.3 Å². The Balaban J connectivity index is 2.48. The molecule has 0 bridgehead atoms. The van der Waals surface area contributed by atoms with E-state index in [-0.39, 0.29) is 22.5 Å². The predicted octanol–water partition coefficient (Wildman–Crippen LogP) is 1.19. The summed E-state index contributed by atoms with van der Waals surface area (Å²) >= 11 is 0.727. The second-order valence-corrected chi connectivity index (χ2v) is 4.26. The lowest BCUT2D eigenvalue weighted by Gasteiger charge is -2.01. The van der Waals surface area contributed by atoms with Gasteiger partial charge in [0.2, 0.25) is 11.0 Å². The molecule has 0 aromatic carbocycles. The third-order valence-electron chi connectivity index (χ3n) is 1.67. The van der Waals surface area contributed by atoms with E-state index in [2.05, 4.69) is 20.8 Å². The van der Waals surface area contributed by atoms with Gasteiger partial charge >= 0.3 is 6.18 Å². The van der Waals surface area contributed by atoms with Crippen molar-refractivity contribution in [3.05, 3.63) is 5.01 Å². The monoisotopic (exact) mass is 268 g/mol. The van der Waals surface area contributed by atoms with Gasteiger partial charge in [-0.05, 0) is 7.05 Å². The molecule has 0 saturated heterocycles. The molecule has 0 spiro atoms. The summed E-state index contributed by atoms with van der Waals surface area (Å²) in [6, 6.07) is 0. The molecule has 0 aliphatic rings. The second kappa shape index (κ2) is 5.92. The number of hydrogen-bond donors (Lipinski definition) is 2. The molecule has 0 fully saturated rings. The van der Waals surface area contributed by atoms with E-state index < -0.39 is 12.6 Å². The molecule has 5 nitrogen and oxygen atoms in total. The lowest BCUT2D eigenvalue weighted by atomic mass is 10.4. The smallest absolute Gasteiger partial charge is 0.319 e. The number of alkyl halides is 3. The first-order valence-corrected chi connectivity index (χ1v) is 5.56. The van der Waals surface area contributed by atoms with Crippen molar-refractivity contribution in [3.63, 3.8) is 0 Å². The maximum absolute atomic E-state index is 12.0. The van der Waals surface area contributed by atoms with E-state index in [1.165, 1.54) is 0 Å². The standard InChI is InChI=1S/C8H11F3N4OS/c1-12-3-2-5(16)13-7-15-14-6(17-7)4-8(9,10)11/h12H,2-4H2,1H3,(H,13,15,16). The summed E-state index contributed by atoms with van der Waals surface area (Å²) < 4.78 is 36.1. The van der Waals surface area contributed by atoms with E-state index in [0.29, 0.717) is 6.54 Å². The van der Waals surface area contributed by atoms with Gasteiger partial charge in [-0.25, -0.2) is 0 Å². The largest absolute Gasteiger partial charge is 0.395 e. The van der Waals surface area contributed by atoms with Crippen molar-refractivity contribution in [1.29, 1.82) is 0 Å². The van der Waals surface area contributed by atoms with Crippen LogP contribution in [0.5, 0.6) is 0 Å². The van der Waals surface area contributed by atoms with Crippen LogP contribution in [0.4, 0.5) is 18.3 Å². The highest BCUT2D eigenvalue weighted by molar-refractivity contribution is 7.15. The molecule has 1 heterocycles. The quantitative estimate of drug-likeness (QED) is 0.842. The zero-order valence-electron chi connectivity index (χ0n) is 8.97. The van der Waals surface area contributed by atoms with Crippen LogP contribution in [0.3, 0.4) is 0 Å². The Labute approximate surface area is 99.4 Å². The van der Waals surface area contributed by atoms with Crippen LogP contribution in [-0.2, 0) is 11.2 Å². The Hall–Kier alpha value is -1.22. The molecule has 0 radical (unpaired) electrons. The number of rotatable bonds is 5. The summed E-state index contributed by atoms with van der Waals surface area (Å²) in [5.41, 5.74) is 0. The minimum absolute atomic E-state index is 0.0883. The topological polar surface area (TPSA) is 66.9 Å². The molecule has 0 aliphatic heterocycles. The van der Waals surface area contributed by atoms with Crippen LogP contribution < -0.4 is 10.6 Å². The number of anilines is 1. The third kappa shape index (κ3) is 5.59. The van der Waals surface area contributed by atoms with Crippen molar-refractivity contribution in [1.82, 2.24) is 15.5 Å². The summed E-state index contributed by atoms with van der Waals surface area (Å²) in [6.45, 7) is 0.486. The van der Waals surface area contributed by atoms with E-state index in [4.69, 9.17) is 0 Å². The maximum atomic E-state index is 12.0. The molecule has 17 heavy (non-hydrogen) atoms. The Kier molecular flexibility index (Phi) is 4.82. The molecular formula is C8H11F3N4OS. The van der Waals surface area contributed by atoms with Gasteiger partial charge in [-0.3, -0.25) is 4.79 Å². The van der Waals surface area contributed by atoms with Gasteiger partial charge in [-0.15, -0.1) is 10.2 Å². The van der Waals surface area contributed by atoms with E-state index in [9.17, 15) is 18.0 Å². The number of nitrogens with one attached hydrogen (secondary N) is 2. The van der Waals surface area contributed by atoms with Gasteiger partial charge in [0.15, 0.2) is 0 Å². The minimum Gasteiger partial charge on any atom is -0.319 e. The van der Waals surface area contributed by atoms with E-state index in [1.807, 2.05) is 0 Å². The predicted molar refractivity (Wildman–Crippen MR) is 56.8 cm³/mol. The summed E-state index contributed by atoms with van der Waals surface area (Å²) in [4.78, 5) is 11.2. The van der Waals surface area contributed by atoms with Crippen LogP contribution in [0.1, 0.15) is 11.4 Å². The first kappa shape index (κ1) is 13.8. The number of nitrogens with zero attached hydrogens (tertiary/aromatic N) is 2. The van der Waals surface area contributed by atoms with Crippen LogP contribution in [0.2, 0.25) is 0 Å². The third-order valence-corrected chi connectivity index (χ3v) is 2.51. The van der Waals surface area contributed by atoms with E-state index >= 15 is 0 Å². The molecule has 0 unspecified atom stereocenters. The molecule has 0 atom stereocenters. The highest BCUT2D eigenvalue weighted by atomic mass is 32.1. The van der Waals surface area contributed by atoms with Crippen LogP contribution in [0, 0.1) is 0 Å². The first-order valence-electron chi connectivity index (χ1n) is 4.74. The fraction of sp³-hybridized carbons (Fsp3) is 0.625. The SMILES string of the molecule is CNCCC(=O)Nc1nnc(CC(F)(F)F)s1. The van der Waals surface area contributed by atoms with Gasteiger partial charge in [0.25, 0.3) is 0 Å². The highest BCUT2D eigenvalue weighted by Crippen LogP contribution is 2.24. The van der Waals surface area contributed by atoms with Crippen molar-refractivity contribution in [2.24, 2.45) is 0 Å². The maximum Gasteiger partial charge on any atom is 0.395 e. The number of carbonyl (C=O) groups is 1. The van der Waals surface area contributed by atoms with Gasteiger partial charge in [-0.2, -0.15) is 13.2 Å². The van der Waals surface area contributed by atoms with Gasteiger partial charge < -0.3 is 10.6 Å². The zero-order valence-corrected chi connectivity index (χ0v) is 9.78. The second-order valence-electron chi connectivity index (χ2n) is 3.19. The molecular weight excluding hydrogens is 257 g/mol. The number of aromatic nitrogens is 2. The summed E-state index contributed by atoms with van der Waals surface area (Å²) in [5.74, 6) is -0.311. The Bertz CT molecular complexity index is 379. The van der Waals surface area contributed by atoms with Crippen molar-refractivity contribution in [2.45, 2.75) is 19.0 Å². The molecule has 1 aromatic heterocycles. The summed E-state index contributed by atoms with van der Waals surface area (Å²) in [6.07, 6.45) is -5.21. The molecule has 2 N–H and O–H groups in total. The van der Waals surface area contributed by atoms with Crippen LogP contribution >= 0.6 is 11.3 Å². The average molecular weight is 268 g/mol. The van der Waals surface area contributed by atoms with Gasteiger partial charge in [0.1, 0.15) is 5.01 Å². The Morgan fingerprint density at radius 1 is 1.41 bits per heavy atom. The fourth-order valence-corrected chi connectivity index (χ4v) is 1.75. The van der Waals surface area contributed by atoms with Crippen LogP contribution in [0.25, 0.3) is 0 Å². The number of amides is 1. The normalized spacial score (nSPS) is 11.5. The number of carbonyl (C=O) groups excluding carboxylic acids is 1. The minimum atomic E-state index is -4.31. The number of hydrogen-bond acceptors (Lipinski definition) is 5. The molecule has 1 aromatic rings. The Morgan fingerprint density at radius 2 is 2.12 bits per heavy atom. The first-order chi connectivity index (χ1) is 7.90. The van der Waals surface area contributed by atoms with Crippen molar-refractivity contribution in [2.75, 3.05) is 18.9 Å². The molecule has 0 aliphatic carbocycles. The lowest BCUT2D eigenvalue weighted by molar-refractivity contribution is -0.127. The zero-order chi connectivity index (χ0) is 12.9. The van der Waals surface area contributed by atoms with Crippen molar-refractivity contribution < 1.29 is 18.0 Å². The fourth-order valence-electron chi connectivity index (χ4n) is 0.967. The number of halogens is 3. The molecule has 0 saturated carbocycles. The Morgan fingerprint density at radius 3 is 2.71 bits per heavy atom. The van der Waals surface area contributed by atoms with Crippen LogP contribution in [-0.4, -0.2) is 35.9 Å². The van der Waals surface area contributed by atoms with Crippen molar-refractivity contribution >= 4 is 22.4 Å². The van der Waals surface area contributed by atoms with Gasteiger partial charge in [0, 0.05) is 13.0 Å². The molecule has 1 rings (SSSR count). The van der Waals surface area contributed by atoms with Crippen LogP contribution in [0.15, 0.2) is 0 Å².